The van der Waals surface area contributed by atoms with Crippen molar-refractivity contribution in [2.75, 3.05) is 18.0 Å². The van der Waals surface area contributed by atoms with Crippen LogP contribution in [-0.4, -0.2) is 55.5 Å². The van der Waals surface area contributed by atoms with Crippen molar-refractivity contribution in [2.24, 2.45) is 0 Å². The van der Waals surface area contributed by atoms with Gasteiger partial charge in [-0.25, -0.2) is 19.3 Å². The van der Waals surface area contributed by atoms with E-state index >= 15 is 0 Å². The van der Waals surface area contributed by atoms with Crippen molar-refractivity contribution < 1.29 is 7.54 Å². The average molecular weight is 577 g/mol. The van der Waals surface area contributed by atoms with E-state index in [9.17, 15) is 9.59 Å². The summed E-state index contributed by atoms with van der Waals surface area (Å²) in [6.45, 7) is 12.1. The molecule has 0 aliphatic carbocycles. The Hall–Kier alpha value is -3.82. The Morgan fingerprint density at radius 3 is 2.62 bits per heavy atom. The minimum absolute atomic E-state index is 0.0496. The molecule has 0 unspecified atom stereocenters. The molecule has 1 aliphatic rings. The van der Waals surface area contributed by atoms with Crippen LogP contribution in [-0.2, 0) is 4.79 Å². The molecule has 0 radical (unpaired) electrons. The number of anilines is 1. The van der Waals surface area contributed by atoms with Crippen molar-refractivity contribution in [1.82, 2.24) is 24.4 Å². The summed E-state index contributed by atoms with van der Waals surface area (Å²) in [5.41, 5.74) is 3.99. The van der Waals surface area contributed by atoms with Crippen molar-refractivity contribution >= 4 is 51.8 Å². The number of hydrogen-bond donors (Lipinski definition) is 0. The maximum absolute atomic E-state index is 13.9. The molecule has 1 aliphatic heterocycles. The van der Waals surface area contributed by atoms with E-state index < -0.39 is 5.69 Å². The van der Waals surface area contributed by atoms with E-state index in [-0.39, 0.29) is 30.4 Å². The monoisotopic (exact) mass is 576 g/mol. The molecular weight excluding hydrogens is 544 g/mol. The van der Waals surface area contributed by atoms with Gasteiger partial charge < -0.3 is 9.80 Å². The number of rotatable bonds is 6. The van der Waals surface area contributed by atoms with Crippen molar-refractivity contribution in [1.29, 1.82) is 0 Å². The van der Waals surface area contributed by atoms with Crippen LogP contribution in [0.4, 0.5) is 5.82 Å². The summed E-state index contributed by atoms with van der Waals surface area (Å²) in [5, 5.41) is 1.56. The molecular formula is C30H31ClN6O2S. The number of nitrogens with zero attached hydrogens (tertiary/aromatic N) is 6. The fourth-order valence-electron chi connectivity index (χ4n) is 5.37. The molecule has 4 aromatic rings. The molecule has 10 heteroatoms. The van der Waals surface area contributed by atoms with E-state index in [2.05, 4.69) is 21.4 Å². The van der Waals surface area contributed by atoms with Crippen LogP contribution in [0.3, 0.4) is 0 Å². The average Bonchev–Trinajstić information content (AvgIpc) is 3.42. The minimum atomic E-state index is -0.499. The highest BCUT2D eigenvalue weighted by Gasteiger charge is 2.34. The molecule has 1 aromatic carbocycles. The second-order valence-electron chi connectivity index (χ2n) is 10.2. The Bertz CT molecular complexity index is 1770. The third kappa shape index (κ3) is 4.73. The van der Waals surface area contributed by atoms with Gasteiger partial charge >= 0.3 is 5.69 Å². The largest absolute Gasteiger partial charge is 0.356 e. The molecule has 1 amide bonds. The molecule has 4 heterocycles. The zero-order valence-electron chi connectivity index (χ0n) is 24.8. The fraction of sp³-hybridized carbons (Fsp3) is 0.300. The van der Waals surface area contributed by atoms with Gasteiger partial charge in [0, 0.05) is 30.7 Å². The quantitative estimate of drug-likeness (QED) is 0.264. The zero-order valence-corrected chi connectivity index (χ0v) is 24.3. The molecule has 0 N–H and O–H groups in total. The van der Waals surface area contributed by atoms with Gasteiger partial charge in [0.2, 0.25) is 5.91 Å². The molecule has 1 saturated heterocycles. The second-order valence-corrected chi connectivity index (χ2v) is 11.5. The lowest BCUT2D eigenvalue weighted by atomic mass is 10.0. The van der Waals surface area contributed by atoms with Crippen LogP contribution in [0.5, 0.6) is 0 Å². The van der Waals surface area contributed by atoms with Crippen LogP contribution < -0.4 is 10.6 Å². The molecule has 0 bridgehead atoms. The molecule has 2 atom stereocenters. The van der Waals surface area contributed by atoms with Crippen molar-refractivity contribution in [3.8, 4) is 16.3 Å². The van der Waals surface area contributed by atoms with Crippen LogP contribution in [0.25, 0.3) is 33.4 Å². The number of benzene rings is 1. The van der Waals surface area contributed by atoms with Gasteiger partial charge in [0.05, 0.1) is 30.0 Å². The summed E-state index contributed by atoms with van der Waals surface area (Å²) in [4.78, 5) is 44.3. The molecule has 206 valence electrons. The van der Waals surface area contributed by atoms with Crippen LogP contribution >= 0.6 is 22.9 Å². The van der Waals surface area contributed by atoms with Gasteiger partial charge in [-0.3, -0.25) is 4.79 Å². The number of pyridine rings is 1. The van der Waals surface area contributed by atoms with Crippen LogP contribution in [0.15, 0.2) is 59.8 Å². The first-order chi connectivity index (χ1) is 20.0. The van der Waals surface area contributed by atoms with E-state index in [4.69, 9.17) is 19.3 Å². The Balaban J connectivity index is 1.81. The lowest BCUT2D eigenvalue weighted by molar-refractivity contribution is -0.127. The molecule has 40 heavy (non-hydrogen) atoms. The predicted molar refractivity (Wildman–Crippen MR) is 164 cm³/mol. The third-order valence-corrected chi connectivity index (χ3v) is 8.26. The maximum Gasteiger partial charge on any atom is 0.356 e. The van der Waals surface area contributed by atoms with Gasteiger partial charge in [-0.05, 0) is 37.5 Å². The summed E-state index contributed by atoms with van der Waals surface area (Å²) >= 11 is 8.27. The van der Waals surface area contributed by atoms with E-state index in [1.165, 1.54) is 28.1 Å². The topological polar surface area (TPSA) is 84.2 Å². The Kier molecular flexibility index (Phi) is 6.91. The van der Waals surface area contributed by atoms with Gasteiger partial charge in [0.1, 0.15) is 10.8 Å². The molecule has 0 spiro atoms. The van der Waals surface area contributed by atoms with Crippen molar-refractivity contribution in [3.05, 3.63) is 81.8 Å². The normalized spacial score (nSPS) is 18.1. The number of carbonyl (C=O) groups is 1. The summed E-state index contributed by atoms with van der Waals surface area (Å²) in [7, 11) is 0. The number of piperazine rings is 1. The van der Waals surface area contributed by atoms with Gasteiger partial charge in [0.15, 0.2) is 5.65 Å². The highest BCUT2D eigenvalue weighted by Crippen LogP contribution is 2.37. The Labute approximate surface area is 245 Å². The first-order valence-electron chi connectivity index (χ1n) is 14.0. The van der Waals surface area contributed by atoms with Crippen LogP contribution in [0.1, 0.15) is 47.6 Å². The first kappa shape index (κ1) is 25.2. The Morgan fingerprint density at radius 1 is 1.23 bits per heavy atom. The maximum atomic E-state index is 13.9. The van der Waals surface area contributed by atoms with Gasteiger partial charge in [0.25, 0.3) is 0 Å². The molecule has 8 nitrogen and oxygen atoms in total. The first-order valence-corrected chi connectivity index (χ1v) is 14.3. The zero-order chi connectivity index (χ0) is 30.3. The Morgan fingerprint density at radius 2 is 1.95 bits per heavy atom. The fourth-order valence-corrected chi connectivity index (χ4v) is 6.57. The number of aromatic nitrogens is 4. The predicted octanol–water partition coefficient (Wildman–Crippen LogP) is 5.94. The lowest BCUT2D eigenvalue weighted by Crippen LogP contribution is -2.58. The molecule has 5 rings (SSSR count). The number of amides is 1. The van der Waals surface area contributed by atoms with E-state index in [0.29, 0.717) is 56.8 Å². The minimum Gasteiger partial charge on any atom is -0.347 e. The van der Waals surface area contributed by atoms with Crippen molar-refractivity contribution in [3.63, 3.8) is 0 Å². The molecule has 0 saturated carbocycles. The number of thiazole rings is 1. The van der Waals surface area contributed by atoms with Crippen molar-refractivity contribution in [2.45, 2.75) is 45.7 Å². The summed E-state index contributed by atoms with van der Waals surface area (Å²) in [5.74, 6) is 0.355. The highest BCUT2D eigenvalue weighted by molar-refractivity contribution is 7.12. The number of fused-ring (bicyclic) bond motifs is 1. The van der Waals surface area contributed by atoms with Crippen LogP contribution in [0, 0.1) is 0 Å². The van der Waals surface area contributed by atoms with E-state index in [1.807, 2.05) is 45.9 Å². The van der Waals surface area contributed by atoms with E-state index in [1.54, 1.807) is 22.5 Å². The SMILES string of the molecule is [2H]C([2H])=Cc1ccccc1-c1nc2c(cc1Cl)c(N1[C@@H](C)CN(C(=O)C=C)C[C@@H]1C)nc(=O)n2-c1scnc1C(C)C. The van der Waals surface area contributed by atoms with Gasteiger partial charge in [-0.1, -0.05) is 68.9 Å². The van der Waals surface area contributed by atoms with Crippen LogP contribution in [0.2, 0.25) is 5.02 Å². The van der Waals surface area contributed by atoms with Gasteiger partial charge in [-0.15, -0.1) is 11.3 Å². The standard InChI is InChI=1S/C30H31ClN6O2S/c1-7-20-11-9-10-12-21(20)26-23(31)13-22-27(33-26)37(29-25(17(3)4)32-16-40-29)30(39)34-28(22)36-18(5)14-35(15-19(36)6)24(38)8-2/h7-13,16-19H,1-2,14-15H2,3-6H3/t18-,19-/m0/s1/i1D2. The second kappa shape index (κ2) is 11.0. The third-order valence-electron chi connectivity index (χ3n) is 7.15. The number of hydrogen-bond acceptors (Lipinski definition) is 7. The smallest absolute Gasteiger partial charge is 0.347 e. The summed E-state index contributed by atoms with van der Waals surface area (Å²) < 4.78 is 16.9. The number of halogens is 1. The highest BCUT2D eigenvalue weighted by atomic mass is 35.5. The number of carbonyl (C=O) groups excluding carboxylic acids is 1. The lowest BCUT2D eigenvalue weighted by Gasteiger charge is -2.45. The summed E-state index contributed by atoms with van der Waals surface area (Å²) in [6, 6.07) is 8.73. The van der Waals surface area contributed by atoms with Gasteiger partial charge in [-0.2, -0.15) is 4.98 Å². The summed E-state index contributed by atoms with van der Waals surface area (Å²) in [6.07, 6.45) is 2.74. The molecule has 1 fully saturated rings. The molecule has 3 aromatic heterocycles. The van der Waals surface area contributed by atoms with E-state index in [0.717, 1.165) is 5.69 Å².